The van der Waals surface area contributed by atoms with E-state index >= 15 is 0 Å². The van der Waals surface area contributed by atoms with Crippen LogP contribution in [-0.4, -0.2) is 15.8 Å². The van der Waals surface area contributed by atoms with Crippen LogP contribution in [0.2, 0.25) is 0 Å². The molecule has 1 unspecified atom stereocenters. The molecule has 3 rings (SSSR count). The van der Waals surface area contributed by atoms with Crippen LogP contribution in [0.3, 0.4) is 0 Å². The predicted octanol–water partition coefficient (Wildman–Crippen LogP) is 3.65. The Bertz CT molecular complexity index is 738. The topological polar surface area (TPSA) is 46.9 Å². The number of nitrogens with one attached hydrogen (secondary N) is 1. The van der Waals surface area contributed by atoms with Gasteiger partial charge in [0.05, 0.1) is 5.69 Å². The highest BCUT2D eigenvalue weighted by molar-refractivity contribution is 5.80. The number of rotatable bonds is 3. The summed E-state index contributed by atoms with van der Waals surface area (Å²) >= 11 is 0. The second-order valence-electron chi connectivity index (χ2n) is 6.07. The Kier molecular flexibility index (Phi) is 4.34. The number of amides is 1. The number of halogens is 3. The van der Waals surface area contributed by atoms with Crippen molar-refractivity contribution >= 4 is 5.91 Å². The first-order valence-electron chi connectivity index (χ1n) is 7.86. The zero-order chi connectivity index (χ0) is 17.3. The molecule has 0 saturated heterocycles. The standard InChI is InChI=1S/C17H18F3N3O/c1-11(24)21-23-14-9-5-8-13(10-12-6-3-2-4-7-12)15(14)16(22-23)17(18,19)20/h2-4,6-7,13H,5,8-10H2,1H3,(H,21,24). The van der Waals surface area contributed by atoms with Gasteiger partial charge < -0.3 is 0 Å². The van der Waals surface area contributed by atoms with E-state index in [2.05, 4.69) is 10.5 Å². The van der Waals surface area contributed by atoms with Gasteiger partial charge in [-0.1, -0.05) is 30.3 Å². The Balaban J connectivity index is 2.03. The zero-order valence-corrected chi connectivity index (χ0v) is 13.2. The van der Waals surface area contributed by atoms with E-state index in [1.54, 1.807) is 0 Å². The van der Waals surface area contributed by atoms with E-state index in [0.717, 1.165) is 16.8 Å². The highest BCUT2D eigenvalue weighted by atomic mass is 19.4. The number of nitrogens with zero attached hydrogens (tertiary/aromatic N) is 2. The first-order valence-corrected chi connectivity index (χ1v) is 7.86. The Labute approximate surface area is 137 Å². The van der Waals surface area contributed by atoms with Gasteiger partial charge >= 0.3 is 6.18 Å². The Morgan fingerprint density at radius 3 is 2.67 bits per heavy atom. The number of carbonyl (C=O) groups excluding carboxylic acids is 1. The summed E-state index contributed by atoms with van der Waals surface area (Å²) in [4.78, 5) is 12.3. The lowest BCUT2D eigenvalue weighted by molar-refractivity contribution is -0.142. The molecule has 1 N–H and O–H groups in total. The Hall–Kier alpha value is -2.31. The smallest absolute Gasteiger partial charge is 0.274 e. The number of hydrogen-bond donors (Lipinski definition) is 1. The van der Waals surface area contributed by atoms with Gasteiger partial charge in [-0.3, -0.25) is 4.79 Å². The van der Waals surface area contributed by atoms with Crippen molar-refractivity contribution < 1.29 is 18.0 Å². The monoisotopic (exact) mass is 337 g/mol. The van der Waals surface area contributed by atoms with E-state index in [-0.39, 0.29) is 11.5 Å². The van der Waals surface area contributed by atoms with Crippen molar-refractivity contribution in [3.8, 4) is 0 Å². The van der Waals surface area contributed by atoms with Gasteiger partial charge in [-0.15, -0.1) is 5.10 Å². The van der Waals surface area contributed by atoms with Gasteiger partial charge in [0.25, 0.3) is 0 Å². The minimum Gasteiger partial charge on any atom is -0.274 e. The lowest BCUT2D eigenvalue weighted by Crippen LogP contribution is -2.25. The molecule has 128 valence electrons. The third kappa shape index (κ3) is 3.29. The van der Waals surface area contributed by atoms with Gasteiger partial charge in [0.1, 0.15) is 0 Å². The first kappa shape index (κ1) is 16.5. The molecule has 24 heavy (non-hydrogen) atoms. The molecule has 1 aromatic heterocycles. The molecule has 0 bridgehead atoms. The number of alkyl halides is 3. The fourth-order valence-electron chi connectivity index (χ4n) is 3.35. The van der Waals surface area contributed by atoms with Crippen LogP contribution in [0.4, 0.5) is 13.2 Å². The van der Waals surface area contributed by atoms with Crippen molar-refractivity contribution in [3.63, 3.8) is 0 Å². The van der Waals surface area contributed by atoms with Crippen molar-refractivity contribution in [2.75, 3.05) is 5.43 Å². The summed E-state index contributed by atoms with van der Waals surface area (Å²) in [6.07, 6.45) is -2.09. The molecule has 7 heteroatoms. The van der Waals surface area contributed by atoms with Gasteiger partial charge in [-0.2, -0.15) is 18.0 Å². The maximum Gasteiger partial charge on any atom is 0.435 e. The van der Waals surface area contributed by atoms with E-state index < -0.39 is 17.8 Å². The van der Waals surface area contributed by atoms with E-state index in [9.17, 15) is 18.0 Å². The summed E-state index contributed by atoms with van der Waals surface area (Å²) in [6, 6.07) is 9.47. The van der Waals surface area contributed by atoms with Crippen molar-refractivity contribution in [3.05, 3.63) is 52.8 Å². The normalized spacial score (nSPS) is 17.4. The van der Waals surface area contributed by atoms with E-state index in [0.29, 0.717) is 25.0 Å². The minimum absolute atomic E-state index is 0.228. The van der Waals surface area contributed by atoms with E-state index in [4.69, 9.17) is 0 Å². The summed E-state index contributed by atoms with van der Waals surface area (Å²) in [5.74, 6) is -0.700. The fourth-order valence-corrected chi connectivity index (χ4v) is 3.35. The van der Waals surface area contributed by atoms with E-state index in [1.807, 2.05) is 30.3 Å². The molecule has 2 aromatic rings. The second-order valence-corrected chi connectivity index (χ2v) is 6.07. The molecule has 1 amide bonds. The fraction of sp³-hybridized carbons (Fsp3) is 0.412. The summed E-state index contributed by atoms with van der Waals surface area (Å²) in [6.45, 7) is 1.26. The number of carbonyl (C=O) groups is 1. The molecule has 1 aromatic carbocycles. The van der Waals surface area contributed by atoms with Crippen LogP contribution in [-0.2, 0) is 23.8 Å². The average Bonchev–Trinajstić information content (AvgIpc) is 2.88. The van der Waals surface area contributed by atoms with Gasteiger partial charge in [0, 0.05) is 12.5 Å². The Morgan fingerprint density at radius 1 is 1.33 bits per heavy atom. The number of hydrogen-bond acceptors (Lipinski definition) is 2. The molecule has 4 nitrogen and oxygen atoms in total. The summed E-state index contributed by atoms with van der Waals surface area (Å²) < 4.78 is 40.4. The number of benzene rings is 1. The maximum atomic E-state index is 13.5. The third-order valence-electron chi connectivity index (χ3n) is 4.25. The zero-order valence-electron chi connectivity index (χ0n) is 13.2. The Morgan fingerprint density at radius 2 is 2.04 bits per heavy atom. The van der Waals surface area contributed by atoms with Gasteiger partial charge in [0.15, 0.2) is 5.69 Å². The summed E-state index contributed by atoms with van der Waals surface area (Å²) in [5, 5.41) is 3.65. The van der Waals surface area contributed by atoms with Crippen LogP contribution >= 0.6 is 0 Å². The molecule has 0 spiro atoms. The van der Waals surface area contributed by atoms with Gasteiger partial charge in [-0.05, 0) is 37.2 Å². The largest absolute Gasteiger partial charge is 0.435 e. The molecule has 0 radical (unpaired) electrons. The van der Waals surface area contributed by atoms with Crippen LogP contribution in [0.5, 0.6) is 0 Å². The van der Waals surface area contributed by atoms with Crippen LogP contribution in [0.15, 0.2) is 30.3 Å². The van der Waals surface area contributed by atoms with Crippen LogP contribution in [0.25, 0.3) is 0 Å². The lowest BCUT2D eigenvalue weighted by Gasteiger charge is -2.24. The van der Waals surface area contributed by atoms with Crippen LogP contribution in [0, 0.1) is 0 Å². The molecule has 1 aliphatic carbocycles. The third-order valence-corrected chi connectivity index (χ3v) is 4.25. The van der Waals surface area contributed by atoms with Crippen LogP contribution in [0.1, 0.15) is 48.2 Å². The van der Waals surface area contributed by atoms with E-state index in [1.165, 1.54) is 6.92 Å². The molecular formula is C17H18F3N3O. The van der Waals surface area contributed by atoms with Crippen molar-refractivity contribution in [1.29, 1.82) is 0 Å². The van der Waals surface area contributed by atoms with Crippen molar-refractivity contribution in [2.24, 2.45) is 0 Å². The molecule has 0 fully saturated rings. The van der Waals surface area contributed by atoms with Gasteiger partial charge in [0.2, 0.25) is 5.91 Å². The molecule has 1 aliphatic rings. The molecular weight excluding hydrogens is 319 g/mol. The second kappa shape index (κ2) is 6.30. The number of fused-ring (bicyclic) bond motifs is 1. The summed E-state index contributed by atoms with van der Waals surface area (Å²) in [7, 11) is 0. The molecule has 0 saturated carbocycles. The molecule has 1 heterocycles. The SMILES string of the molecule is CC(=O)Nn1nc(C(F)(F)F)c2c1CCCC2Cc1ccccc1. The van der Waals surface area contributed by atoms with Gasteiger partial charge in [-0.25, -0.2) is 5.43 Å². The predicted molar refractivity (Wildman–Crippen MR) is 83.1 cm³/mol. The first-order chi connectivity index (χ1) is 11.4. The number of aromatic nitrogens is 2. The average molecular weight is 337 g/mol. The molecule has 0 aliphatic heterocycles. The highest BCUT2D eigenvalue weighted by Crippen LogP contribution is 2.42. The quantitative estimate of drug-likeness (QED) is 0.929. The summed E-state index contributed by atoms with van der Waals surface area (Å²) in [5.41, 5.74) is 3.18. The maximum absolute atomic E-state index is 13.5. The lowest BCUT2D eigenvalue weighted by atomic mass is 9.81. The minimum atomic E-state index is -4.54. The van der Waals surface area contributed by atoms with Crippen LogP contribution < -0.4 is 5.43 Å². The highest BCUT2D eigenvalue weighted by Gasteiger charge is 2.42. The molecule has 1 atom stereocenters. The van der Waals surface area contributed by atoms with Crippen molar-refractivity contribution in [2.45, 2.75) is 44.7 Å². The van der Waals surface area contributed by atoms with Crippen molar-refractivity contribution in [1.82, 2.24) is 9.89 Å².